The van der Waals surface area contributed by atoms with E-state index in [1.165, 1.54) is 22.9 Å². The quantitative estimate of drug-likeness (QED) is 0.578. The largest absolute Gasteiger partial charge is 0.409 e. The summed E-state index contributed by atoms with van der Waals surface area (Å²) in [5, 5.41) is 14.2. The number of para-hydroxylation sites is 2. The van der Waals surface area contributed by atoms with Gasteiger partial charge >= 0.3 is 6.18 Å². The maximum Gasteiger partial charge on any atom is 0.409 e. The molecule has 8 nitrogen and oxygen atoms in total. The number of benzene rings is 2. The fourth-order valence-electron chi connectivity index (χ4n) is 3.48. The van der Waals surface area contributed by atoms with Crippen LogP contribution in [0.3, 0.4) is 0 Å². The third kappa shape index (κ3) is 4.70. The highest BCUT2D eigenvalue weighted by Gasteiger charge is 2.48. The molecule has 1 aliphatic heterocycles. The Morgan fingerprint density at radius 3 is 2.67 bits per heavy atom. The number of anilines is 2. The molecule has 2 aromatic carbocycles. The number of hydrogen-bond donors (Lipinski definition) is 1. The van der Waals surface area contributed by atoms with Crippen molar-refractivity contribution in [3.05, 3.63) is 53.6 Å². The van der Waals surface area contributed by atoms with Gasteiger partial charge in [0.05, 0.1) is 29.2 Å². The Labute approximate surface area is 191 Å². The Morgan fingerprint density at radius 1 is 1.18 bits per heavy atom. The summed E-state index contributed by atoms with van der Waals surface area (Å²) in [5.41, 5.74) is 2.90. The van der Waals surface area contributed by atoms with E-state index in [0.717, 1.165) is 22.9 Å². The molecule has 1 unspecified atom stereocenters. The van der Waals surface area contributed by atoms with Gasteiger partial charge in [0.2, 0.25) is 17.0 Å². The first-order valence-corrected chi connectivity index (χ1v) is 10.9. The van der Waals surface area contributed by atoms with Crippen LogP contribution in [-0.4, -0.2) is 50.0 Å². The van der Waals surface area contributed by atoms with Gasteiger partial charge in [-0.05, 0) is 59.7 Å². The van der Waals surface area contributed by atoms with E-state index in [9.17, 15) is 22.8 Å². The zero-order chi connectivity index (χ0) is 23.8. The monoisotopic (exact) mass is 476 g/mol. The zero-order valence-corrected chi connectivity index (χ0v) is 18.4. The number of carbonyl (C=O) groups excluding carboxylic acids is 2. The molecule has 0 saturated carbocycles. The molecule has 3 aromatic rings. The van der Waals surface area contributed by atoms with Crippen molar-refractivity contribution in [2.45, 2.75) is 37.6 Å². The maximum atomic E-state index is 13.9. The number of nitrogens with zero attached hydrogens (tertiary/aromatic N) is 5. The van der Waals surface area contributed by atoms with Crippen LogP contribution in [0.2, 0.25) is 0 Å². The van der Waals surface area contributed by atoms with E-state index in [1.54, 1.807) is 6.07 Å². The van der Waals surface area contributed by atoms with E-state index in [2.05, 4.69) is 20.8 Å². The van der Waals surface area contributed by atoms with Crippen molar-refractivity contribution in [3.8, 4) is 5.69 Å². The Hall–Kier alpha value is -3.41. The lowest BCUT2D eigenvalue weighted by Crippen LogP contribution is -2.50. The molecule has 0 radical (unpaired) electrons. The number of rotatable bonds is 4. The lowest BCUT2D eigenvalue weighted by molar-refractivity contribution is -0.157. The number of nitrogens with one attached hydrogen (secondary N) is 1. The van der Waals surface area contributed by atoms with Gasteiger partial charge in [0.25, 0.3) is 0 Å². The van der Waals surface area contributed by atoms with Gasteiger partial charge in [-0.3, -0.25) is 14.5 Å². The van der Waals surface area contributed by atoms with Crippen molar-refractivity contribution < 1.29 is 22.8 Å². The fourth-order valence-corrected chi connectivity index (χ4v) is 4.23. The summed E-state index contributed by atoms with van der Waals surface area (Å²) in [7, 11) is 0. The van der Waals surface area contributed by atoms with Crippen LogP contribution in [0.5, 0.6) is 0 Å². The lowest BCUT2D eigenvalue weighted by atomic mass is 10.1. The molecule has 0 fully saturated rings. The smallest absolute Gasteiger partial charge is 0.324 e. The number of hydrogen-bond acceptors (Lipinski definition) is 6. The first kappa shape index (κ1) is 22.8. The second kappa shape index (κ2) is 8.85. The SMILES string of the molecule is Cc1ccc(-n2nnnc2SCC(=O)N2c3ccccc3NC(=O)CC2C(F)(F)F)cc1C. The van der Waals surface area contributed by atoms with Gasteiger partial charge < -0.3 is 5.32 Å². The van der Waals surface area contributed by atoms with Crippen LogP contribution in [0, 0.1) is 13.8 Å². The summed E-state index contributed by atoms with van der Waals surface area (Å²) < 4.78 is 43.0. The number of alkyl halides is 3. The molecular formula is C21H19F3N6O2S. The number of aromatic nitrogens is 4. The minimum atomic E-state index is -4.80. The minimum Gasteiger partial charge on any atom is -0.324 e. The topological polar surface area (TPSA) is 93.0 Å². The molecule has 2 heterocycles. The molecule has 0 bridgehead atoms. The third-order valence-corrected chi connectivity index (χ3v) is 6.18. The third-order valence-electron chi connectivity index (χ3n) is 5.28. The van der Waals surface area contributed by atoms with E-state index in [-0.39, 0.29) is 22.3 Å². The van der Waals surface area contributed by atoms with Gasteiger partial charge in [0.15, 0.2) is 0 Å². The highest BCUT2D eigenvalue weighted by Crippen LogP contribution is 2.38. The number of aryl methyl sites for hydroxylation is 2. The van der Waals surface area contributed by atoms with Gasteiger partial charge in [0, 0.05) is 0 Å². The van der Waals surface area contributed by atoms with E-state index in [1.807, 2.05) is 32.0 Å². The molecule has 1 aromatic heterocycles. The van der Waals surface area contributed by atoms with Gasteiger partial charge in [-0.1, -0.05) is 30.0 Å². The Kier molecular flexibility index (Phi) is 6.11. The van der Waals surface area contributed by atoms with Crippen molar-refractivity contribution in [1.29, 1.82) is 0 Å². The lowest BCUT2D eigenvalue weighted by Gasteiger charge is -2.31. The average Bonchev–Trinajstić information content (AvgIpc) is 3.16. The number of amides is 2. The predicted molar refractivity (Wildman–Crippen MR) is 116 cm³/mol. The molecule has 0 aliphatic carbocycles. The number of tetrazole rings is 1. The van der Waals surface area contributed by atoms with Gasteiger partial charge in [0.1, 0.15) is 6.04 Å². The summed E-state index contributed by atoms with van der Waals surface area (Å²) >= 11 is 0.918. The van der Waals surface area contributed by atoms with Crippen LogP contribution >= 0.6 is 11.8 Å². The Bertz CT molecular complexity index is 1210. The summed E-state index contributed by atoms with van der Waals surface area (Å²) in [4.78, 5) is 25.8. The molecule has 0 spiro atoms. The summed E-state index contributed by atoms with van der Waals surface area (Å²) in [6.45, 7) is 3.89. The molecule has 4 rings (SSSR count). The molecule has 1 aliphatic rings. The van der Waals surface area contributed by atoms with Crippen LogP contribution in [0.1, 0.15) is 17.5 Å². The molecule has 1 atom stereocenters. The van der Waals surface area contributed by atoms with Crippen molar-refractivity contribution in [3.63, 3.8) is 0 Å². The first-order chi connectivity index (χ1) is 15.6. The molecule has 0 saturated heterocycles. The standard InChI is InChI=1S/C21H19F3N6O2S/c1-12-7-8-14(9-13(12)2)30-20(26-27-28-30)33-11-19(32)29-16-6-4-3-5-15(16)25-18(31)10-17(29)21(22,23)24/h3-9,17H,10-11H2,1-2H3,(H,25,31). The minimum absolute atomic E-state index is 0.00923. The van der Waals surface area contributed by atoms with E-state index >= 15 is 0 Å². The number of halogens is 3. The van der Waals surface area contributed by atoms with Crippen LogP contribution in [-0.2, 0) is 9.59 Å². The van der Waals surface area contributed by atoms with Crippen molar-refractivity contribution in [2.24, 2.45) is 0 Å². The second-order valence-corrected chi connectivity index (χ2v) is 8.46. The van der Waals surface area contributed by atoms with E-state index < -0.39 is 30.5 Å². The second-order valence-electron chi connectivity index (χ2n) is 7.52. The Morgan fingerprint density at radius 2 is 1.94 bits per heavy atom. The molecule has 33 heavy (non-hydrogen) atoms. The first-order valence-electron chi connectivity index (χ1n) is 9.91. The fraction of sp³-hybridized carbons (Fsp3) is 0.286. The van der Waals surface area contributed by atoms with Gasteiger partial charge in [-0.15, -0.1) is 5.10 Å². The molecule has 1 N–H and O–H groups in total. The van der Waals surface area contributed by atoms with Crippen molar-refractivity contribution in [1.82, 2.24) is 20.2 Å². The van der Waals surface area contributed by atoms with E-state index in [4.69, 9.17) is 0 Å². The Balaban J connectivity index is 1.62. The summed E-state index contributed by atoms with van der Waals surface area (Å²) in [6.07, 6.45) is -5.69. The van der Waals surface area contributed by atoms with Crippen LogP contribution < -0.4 is 10.2 Å². The number of thioether (sulfide) groups is 1. The highest BCUT2D eigenvalue weighted by molar-refractivity contribution is 7.99. The van der Waals surface area contributed by atoms with Crippen molar-refractivity contribution in [2.75, 3.05) is 16.0 Å². The molecule has 172 valence electrons. The highest BCUT2D eigenvalue weighted by atomic mass is 32.2. The maximum absolute atomic E-state index is 13.9. The molecule has 2 amide bonds. The van der Waals surface area contributed by atoms with E-state index in [0.29, 0.717) is 10.6 Å². The normalized spacial score (nSPS) is 16.2. The number of fused-ring (bicyclic) bond motifs is 1. The molecule has 12 heteroatoms. The summed E-state index contributed by atoms with van der Waals surface area (Å²) in [6, 6.07) is 9.22. The van der Waals surface area contributed by atoms with Gasteiger partial charge in [-0.25, -0.2) is 0 Å². The zero-order valence-electron chi connectivity index (χ0n) is 17.6. The van der Waals surface area contributed by atoms with Gasteiger partial charge in [-0.2, -0.15) is 17.9 Å². The van der Waals surface area contributed by atoms with Crippen LogP contribution in [0.15, 0.2) is 47.6 Å². The number of carbonyl (C=O) groups is 2. The predicted octanol–water partition coefficient (Wildman–Crippen LogP) is 3.68. The average molecular weight is 476 g/mol. The van der Waals surface area contributed by atoms with Crippen molar-refractivity contribution >= 4 is 35.0 Å². The molecular weight excluding hydrogens is 457 g/mol. The summed E-state index contributed by atoms with van der Waals surface area (Å²) in [5.74, 6) is -1.99. The van der Waals surface area contributed by atoms with Crippen LogP contribution in [0.25, 0.3) is 5.69 Å². The van der Waals surface area contributed by atoms with Crippen LogP contribution in [0.4, 0.5) is 24.5 Å².